The molecule has 0 bridgehead atoms. The van der Waals surface area contributed by atoms with E-state index in [9.17, 15) is 0 Å². The van der Waals surface area contributed by atoms with Gasteiger partial charge in [-0.2, -0.15) is 0 Å². The van der Waals surface area contributed by atoms with Gasteiger partial charge in [-0.25, -0.2) is 0 Å². The van der Waals surface area contributed by atoms with Crippen LogP contribution in [0.1, 0.15) is 33.1 Å². The van der Waals surface area contributed by atoms with Crippen molar-refractivity contribution in [1.29, 1.82) is 0 Å². The SMILES string of the molecule is CC1(C)CCCC1C#C[Si](C)(C)C. The first-order valence-corrected chi connectivity index (χ1v) is 8.84. The zero-order valence-electron chi connectivity index (χ0n) is 9.70. The fraction of sp³-hybridized carbons (Fsp3) is 0.833. The Labute approximate surface area is 84.1 Å². The van der Waals surface area contributed by atoms with Crippen molar-refractivity contribution in [3.05, 3.63) is 0 Å². The minimum Gasteiger partial charge on any atom is -0.132 e. The van der Waals surface area contributed by atoms with Crippen molar-refractivity contribution in [3.8, 4) is 11.5 Å². The topological polar surface area (TPSA) is 0 Å². The first-order valence-electron chi connectivity index (χ1n) is 5.34. The van der Waals surface area contributed by atoms with Crippen LogP contribution in [0.5, 0.6) is 0 Å². The summed E-state index contributed by atoms with van der Waals surface area (Å²) in [6.07, 6.45) is 4.06. The lowest BCUT2D eigenvalue weighted by molar-refractivity contribution is 0.318. The fourth-order valence-electron chi connectivity index (χ4n) is 1.90. The van der Waals surface area contributed by atoms with Gasteiger partial charge in [-0.1, -0.05) is 39.9 Å². The molecule has 0 radical (unpaired) electrons. The molecule has 0 aromatic rings. The Morgan fingerprint density at radius 1 is 1.23 bits per heavy atom. The smallest absolute Gasteiger partial charge is 0.129 e. The van der Waals surface area contributed by atoms with E-state index in [1.54, 1.807) is 0 Å². The molecule has 1 atom stereocenters. The first kappa shape index (κ1) is 10.9. The second kappa shape index (κ2) is 3.50. The highest BCUT2D eigenvalue weighted by atomic mass is 28.3. The van der Waals surface area contributed by atoms with Gasteiger partial charge in [0.05, 0.1) is 0 Å². The van der Waals surface area contributed by atoms with Gasteiger partial charge in [0.1, 0.15) is 8.07 Å². The Kier molecular flexibility index (Phi) is 2.92. The number of hydrogen-bond donors (Lipinski definition) is 0. The summed E-state index contributed by atoms with van der Waals surface area (Å²) in [6, 6.07) is 0. The van der Waals surface area contributed by atoms with Crippen LogP contribution < -0.4 is 0 Å². The summed E-state index contributed by atoms with van der Waals surface area (Å²) in [7, 11) is -1.15. The maximum Gasteiger partial charge on any atom is 0.129 e. The average molecular weight is 194 g/mol. The summed E-state index contributed by atoms with van der Waals surface area (Å²) in [6.45, 7) is 11.7. The molecular formula is C12H22Si. The van der Waals surface area contributed by atoms with E-state index in [1.807, 2.05) is 0 Å². The second-order valence-corrected chi connectivity index (χ2v) is 10.7. The third kappa shape index (κ3) is 3.19. The number of rotatable bonds is 0. The van der Waals surface area contributed by atoms with Gasteiger partial charge in [0.25, 0.3) is 0 Å². The largest absolute Gasteiger partial charge is 0.132 e. The molecule has 0 saturated heterocycles. The molecule has 0 aromatic heterocycles. The summed E-state index contributed by atoms with van der Waals surface area (Å²) in [5, 5.41) is 0. The summed E-state index contributed by atoms with van der Waals surface area (Å²) < 4.78 is 0. The van der Waals surface area contributed by atoms with Crippen LogP contribution in [0.25, 0.3) is 0 Å². The van der Waals surface area contributed by atoms with E-state index in [0.29, 0.717) is 11.3 Å². The lowest BCUT2D eigenvalue weighted by atomic mass is 9.83. The lowest BCUT2D eigenvalue weighted by Gasteiger charge is -2.22. The Balaban J connectivity index is 2.68. The van der Waals surface area contributed by atoms with Crippen LogP contribution in [-0.4, -0.2) is 8.07 Å². The highest BCUT2D eigenvalue weighted by Gasteiger charge is 2.33. The standard InChI is InChI=1S/C12H22Si/c1-12(2)9-6-7-11(12)8-10-13(3,4)5/h11H,6-7,9H2,1-5H3. The Morgan fingerprint density at radius 3 is 2.23 bits per heavy atom. The van der Waals surface area contributed by atoms with Crippen molar-refractivity contribution >= 4 is 8.07 Å². The third-order valence-electron chi connectivity index (χ3n) is 2.88. The Hall–Kier alpha value is -0.223. The molecule has 0 aliphatic heterocycles. The van der Waals surface area contributed by atoms with Crippen molar-refractivity contribution in [3.63, 3.8) is 0 Å². The highest BCUT2D eigenvalue weighted by molar-refractivity contribution is 6.83. The van der Waals surface area contributed by atoms with Crippen LogP contribution in [0.3, 0.4) is 0 Å². The van der Waals surface area contributed by atoms with Gasteiger partial charge < -0.3 is 0 Å². The quantitative estimate of drug-likeness (QED) is 0.407. The van der Waals surface area contributed by atoms with E-state index in [1.165, 1.54) is 19.3 Å². The molecule has 1 aliphatic carbocycles. The van der Waals surface area contributed by atoms with Crippen LogP contribution in [0.2, 0.25) is 19.6 Å². The zero-order valence-corrected chi connectivity index (χ0v) is 10.7. The van der Waals surface area contributed by atoms with E-state index in [4.69, 9.17) is 0 Å². The molecule has 13 heavy (non-hydrogen) atoms. The van der Waals surface area contributed by atoms with E-state index in [0.717, 1.165) is 0 Å². The monoisotopic (exact) mass is 194 g/mol. The van der Waals surface area contributed by atoms with E-state index < -0.39 is 8.07 Å². The van der Waals surface area contributed by atoms with Crippen molar-refractivity contribution in [2.75, 3.05) is 0 Å². The van der Waals surface area contributed by atoms with Crippen LogP contribution >= 0.6 is 0 Å². The molecule has 1 fully saturated rings. The summed E-state index contributed by atoms with van der Waals surface area (Å²) >= 11 is 0. The van der Waals surface area contributed by atoms with Gasteiger partial charge in [0.15, 0.2) is 0 Å². The number of hydrogen-bond acceptors (Lipinski definition) is 0. The van der Waals surface area contributed by atoms with Crippen LogP contribution in [0, 0.1) is 22.8 Å². The summed E-state index contributed by atoms with van der Waals surface area (Å²) in [5.41, 5.74) is 3.99. The lowest BCUT2D eigenvalue weighted by Crippen LogP contribution is -2.20. The maximum atomic E-state index is 3.52. The fourth-order valence-corrected chi connectivity index (χ4v) is 2.51. The molecule has 0 spiro atoms. The highest BCUT2D eigenvalue weighted by Crippen LogP contribution is 2.42. The summed E-state index contributed by atoms with van der Waals surface area (Å²) in [5.74, 6) is 4.19. The van der Waals surface area contributed by atoms with Gasteiger partial charge in [0, 0.05) is 5.92 Å². The molecule has 1 unspecified atom stereocenters. The van der Waals surface area contributed by atoms with Crippen LogP contribution in [-0.2, 0) is 0 Å². The van der Waals surface area contributed by atoms with Crippen molar-refractivity contribution < 1.29 is 0 Å². The predicted molar refractivity (Wildman–Crippen MR) is 62.2 cm³/mol. The average Bonchev–Trinajstić information content (AvgIpc) is 2.23. The van der Waals surface area contributed by atoms with Crippen molar-refractivity contribution in [2.24, 2.45) is 11.3 Å². The van der Waals surface area contributed by atoms with Crippen molar-refractivity contribution in [1.82, 2.24) is 0 Å². The zero-order chi connectivity index (χ0) is 10.1. The molecular weight excluding hydrogens is 172 g/mol. The van der Waals surface area contributed by atoms with E-state index in [2.05, 4.69) is 45.0 Å². The Bertz CT molecular complexity index is 234. The van der Waals surface area contributed by atoms with Gasteiger partial charge in [-0.05, 0) is 18.3 Å². The molecule has 1 saturated carbocycles. The molecule has 74 valence electrons. The molecule has 1 rings (SSSR count). The van der Waals surface area contributed by atoms with Gasteiger partial charge >= 0.3 is 0 Å². The molecule has 0 amide bonds. The normalized spacial score (nSPS) is 26.7. The minimum atomic E-state index is -1.15. The van der Waals surface area contributed by atoms with Gasteiger partial charge in [0.2, 0.25) is 0 Å². The molecule has 1 heteroatoms. The first-order chi connectivity index (χ1) is 5.81. The molecule has 1 aliphatic rings. The molecule has 0 heterocycles. The van der Waals surface area contributed by atoms with Gasteiger partial charge in [-0.15, -0.1) is 11.5 Å². The summed E-state index contributed by atoms with van der Waals surface area (Å²) in [4.78, 5) is 0. The van der Waals surface area contributed by atoms with Gasteiger partial charge in [-0.3, -0.25) is 0 Å². The molecule has 0 nitrogen and oxygen atoms in total. The van der Waals surface area contributed by atoms with Crippen LogP contribution in [0.15, 0.2) is 0 Å². The second-order valence-electron chi connectivity index (χ2n) is 5.95. The van der Waals surface area contributed by atoms with E-state index in [-0.39, 0.29) is 0 Å². The molecule has 0 aromatic carbocycles. The van der Waals surface area contributed by atoms with E-state index >= 15 is 0 Å². The predicted octanol–water partition coefficient (Wildman–Crippen LogP) is 3.69. The Morgan fingerprint density at radius 2 is 1.85 bits per heavy atom. The van der Waals surface area contributed by atoms with Crippen LogP contribution in [0.4, 0.5) is 0 Å². The molecule has 0 N–H and O–H groups in total. The van der Waals surface area contributed by atoms with Crippen molar-refractivity contribution in [2.45, 2.75) is 52.8 Å². The third-order valence-corrected chi connectivity index (χ3v) is 3.77. The minimum absolute atomic E-state index is 0.479. The maximum absolute atomic E-state index is 3.52.